The Morgan fingerprint density at radius 2 is 1.97 bits per heavy atom. The van der Waals surface area contributed by atoms with Crippen molar-refractivity contribution in [2.75, 3.05) is 13.1 Å². The Bertz CT molecular complexity index is 1080. The zero-order chi connectivity index (χ0) is 19.8. The van der Waals surface area contributed by atoms with Gasteiger partial charge in [-0.25, -0.2) is 4.39 Å². The molecule has 1 aromatic heterocycles. The monoisotopic (exact) mass is 391 g/mol. The number of carbonyl (C=O) groups excluding carboxylic acids is 1. The van der Waals surface area contributed by atoms with Crippen LogP contribution in [-0.4, -0.2) is 40.7 Å². The summed E-state index contributed by atoms with van der Waals surface area (Å²) in [5.74, 6) is 0.0932. The summed E-state index contributed by atoms with van der Waals surface area (Å²) < 4.78 is 13.4. The third kappa shape index (κ3) is 3.39. The minimum Gasteiger partial charge on any atom is -0.382 e. The van der Waals surface area contributed by atoms with E-state index in [4.69, 9.17) is 4.84 Å². The number of halogens is 1. The second-order valence-corrected chi connectivity index (χ2v) is 7.74. The maximum atomic E-state index is 13.4. The van der Waals surface area contributed by atoms with Crippen molar-refractivity contribution in [2.24, 2.45) is 5.16 Å². The summed E-state index contributed by atoms with van der Waals surface area (Å²) in [6, 6.07) is 14.6. The fourth-order valence-corrected chi connectivity index (χ4v) is 4.39. The molecule has 1 amide bonds. The summed E-state index contributed by atoms with van der Waals surface area (Å²) in [4.78, 5) is 23.5. The Kier molecular flexibility index (Phi) is 4.54. The number of nitrogens with one attached hydrogen (secondary N) is 1. The van der Waals surface area contributed by atoms with Crippen LogP contribution in [0.25, 0.3) is 10.9 Å². The van der Waals surface area contributed by atoms with Crippen LogP contribution in [0.4, 0.5) is 4.39 Å². The van der Waals surface area contributed by atoms with Gasteiger partial charge in [0.15, 0.2) is 0 Å². The number of oxime groups is 1. The molecular weight excluding hydrogens is 369 g/mol. The summed E-state index contributed by atoms with van der Waals surface area (Å²) in [6.45, 7) is 1.41. The van der Waals surface area contributed by atoms with E-state index in [9.17, 15) is 9.18 Å². The average molecular weight is 391 g/mol. The number of amides is 1. The number of hydrogen-bond donors (Lipinski definition) is 1. The number of carbonyl (C=O) groups is 1. The Morgan fingerprint density at radius 3 is 2.79 bits per heavy atom. The first-order chi connectivity index (χ1) is 14.2. The van der Waals surface area contributed by atoms with Gasteiger partial charge in [0.05, 0.1) is 5.71 Å². The molecule has 0 spiro atoms. The molecule has 0 saturated carbocycles. The SMILES string of the molecule is O=C(C1CC(c2cccc(F)c2)=NO1)N1CCC(c2c[nH]c3ccccc23)CC1. The van der Waals surface area contributed by atoms with Gasteiger partial charge in [-0.1, -0.05) is 35.5 Å². The molecule has 1 N–H and O–H groups in total. The fraction of sp³-hybridized carbons (Fsp3) is 0.304. The van der Waals surface area contributed by atoms with Crippen LogP contribution in [0.15, 0.2) is 59.9 Å². The smallest absolute Gasteiger partial charge is 0.266 e. The van der Waals surface area contributed by atoms with Crippen molar-refractivity contribution in [2.45, 2.75) is 31.3 Å². The van der Waals surface area contributed by atoms with Crippen molar-refractivity contribution >= 4 is 22.5 Å². The summed E-state index contributed by atoms with van der Waals surface area (Å²) in [5.41, 5.74) is 3.78. The van der Waals surface area contributed by atoms with Crippen molar-refractivity contribution in [3.8, 4) is 0 Å². The minimum atomic E-state index is -0.613. The van der Waals surface area contributed by atoms with Crippen molar-refractivity contribution < 1.29 is 14.0 Å². The molecule has 148 valence electrons. The highest BCUT2D eigenvalue weighted by Crippen LogP contribution is 2.33. The Morgan fingerprint density at radius 1 is 1.14 bits per heavy atom. The summed E-state index contributed by atoms with van der Waals surface area (Å²) in [6.07, 6.45) is 3.73. The summed E-state index contributed by atoms with van der Waals surface area (Å²) >= 11 is 0. The topological polar surface area (TPSA) is 57.7 Å². The molecule has 2 aliphatic rings. The van der Waals surface area contributed by atoms with Crippen LogP contribution < -0.4 is 0 Å². The first-order valence-corrected chi connectivity index (χ1v) is 10.0. The van der Waals surface area contributed by atoms with Crippen LogP contribution in [0.5, 0.6) is 0 Å². The van der Waals surface area contributed by atoms with Crippen LogP contribution >= 0.6 is 0 Å². The van der Waals surface area contributed by atoms with Crippen LogP contribution in [0.1, 0.15) is 36.3 Å². The van der Waals surface area contributed by atoms with Gasteiger partial charge in [-0.05, 0) is 42.5 Å². The predicted octanol–water partition coefficient (Wildman–Crippen LogP) is 4.21. The number of benzene rings is 2. The molecule has 5 nitrogen and oxygen atoms in total. The van der Waals surface area contributed by atoms with Gasteiger partial charge in [0.1, 0.15) is 5.82 Å². The Balaban J connectivity index is 1.21. The van der Waals surface area contributed by atoms with Gasteiger partial charge in [0.2, 0.25) is 6.10 Å². The van der Waals surface area contributed by atoms with Gasteiger partial charge in [0, 0.05) is 42.2 Å². The molecule has 5 rings (SSSR count). The number of fused-ring (bicyclic) bond motifs is 1. The van der Waals surface area contributed by atoms with E-state index >= 15 is 0 Å². The molecule has 2 aliphatic heterocycles. The minimum absolute atomic E-state index is 0.0301. The molecular formula is C23H22FN3O2. The standard InChI is InChI=1S/C23H22FN3O2/c24-17-5-3-4-16(12-17)21-13-22(29-26-21)23(28)27-10-8-15(9-11-27)19-14-25-20-7-2-1-6-18(19)20/h1-7,12,14-15,22,25H,8-11,13H2. The zero-order valence-electron chi connectivity index (χ0n) is 16.0. The lowest BCUT2D eigenvalue weighted by Gasteiger charge is -2.33. The molecule has 1 fully saturated rings. The molecule has 3 aromatic rings. The first kappa shape index (κ1) is 17.9. The van der Waals surface area contributed by atoms with E-state index in [2.05, 4.69) is 34.5 Å². The lowest BCUT2D eigenvalue weighted by molar-refractivity contribution is -0.143. The van der Waals surface area contributed by atoms with Gasteiger partial charge in [-0.15, -0.1) is 0 Å². The van der Waals surface area contributed by atoms with E-state index in [1.165, 1.54) is 23.1 Å². The van der Waals surface area contributed by atoms with E-state index in [1.807, 2.05) is 11.0 Å². The van der Waals surface area contributed by atoms with Crippen molar-refractivity contribution in [3.05, 3.63) is 71.7 Å². The molecule has 0 radical (unpaired) electrons. The highest BCUT2D eigenvalue weighted by atomic mass is 19.1. The average Bonchev–Trinajstić information content (AvgIpc) is 3.41. The molecule has 2 aromatic carbocycles. The molecule has 1 atom stereocenters. The lowest BCUT2D eigenvalue weighted by atomic mass is 9.89. The number of piperidine rings is 1. The maximum absolute atomic E-state index is 13.4. The molecule has 1 unspecified atom stereocenters. The summed E-state index contributed by atoms with van der Waals surface area (Å²) in [7, 11) is 0. The molecule has 6 heteroatoms. The molecule has 0 aliphatic carbocycles. The highest BCUT2D eigenvalue weighted by Gasteiger charge is 2.34. The Labute approximate surface area is 168 Å². The number of H-pyrrole nitrogens is 1. The largest absolute Gasteiger partial charge is 0.382 e. The normalized spacial score (nSPS) is 20.0. The van der Waals surface area contributed by atoms with Gasteiger partial charge >= 0.3 is 0 Å². The van der Waals surface area contributed by atoms with Crippen LogP contribution in [-0.2, 0) is 9.63 Å². The van der Waals surface area contributed by atoms with Crippen molar-refractivity contribution in [3.63, 3.8) is 0 Å². The number of aromatic nitrogens is 1. The Hall–Kier alpha value is -3.15. The van der Waals surface area contributed by atoms with Gasteiger partial charge in [0.25, 0.3) is 5.91 Å². The quantitative estimate of drug-likeness (QED) is 0.727. The molecule has 3 heterocycles. The number of nitrogens with zero attached hydrogens (tertiary/aromatic N) is 2. The van der Waals surface area contributed by atoms with Gasteiger partial charge in [-0.2, -0.15) is 0 Å². The van der Waals surface area contributed by atoms with Crippen LogP contribution in [0.2, 0.25) is 0 Å². The molecule has 0 bridgehead atoms. The molecule has 1 saturated heterocycles. The number of rotatable bonds is 3. The van der Waals surface area contributed by atoms with E-state index in [0.717, 1.165) is 18.4 Å². The van der Waals surface area contributed by atoms with E-state index in [0.29, 0.717) is 36.7 Å². The maximum Gasteiger partial charge on any atom is 0.266 e. The number of aromatic amines is 1. The van der Waals surface area contributed by atoms with Crippen LogP contribution in [0, 0.1) is 5.82 Å². The zero-order valence-corrected chi connectivity index (χ0v) is 16.0. The van der Waals surface area contributed by atoms with Crippen molar-refractivity contribution in [1.82, 2.24) is 9.88 Å². The van der Waals surface area contributed by atoms with Gasteiger partial charge in [-0.3, -0.25) is 4.79 Å². The molecule has 29 heavy (non-hydrogen) atoms. The lowest BCUT2D eigenvalue weighted by Crippen LogP contribution is -2.43. The second kappa shape index (κ2) is 7.35. The van der Waals surface area contributed by atoms with E-state index in [-0.39, 0.29) is 11.7 Å². The number of likely N-dealkylation sites (tertiary alicyclic amines) is 1. The fourth-order valence-electron chi connectivity index (χ4n) is 4.39. The van der Waals surface area contributed by atoms with Gasteiger partial charge < -0.3 is 14.7 Å². The summed E-state index contributed by atoms with van der Waals surface area (Å²) in [5, 5.41) is 5.30. The highest BCUT2D eigenvalue weighted by molar-refractivity contribution is 6.04. The second-order valence-electron chi connectivity index (χ2n) is 7.74. The third-order valence-electron chi connectivity index (χ3n) is 5.97. The number of para-hydroxylation sites is 1. The third-order valence-corrected chi connectivity index (χ3v) is 5.97. The van der Waals surface area contributed by atoms with Crippen molar-refractivity contribution in [1.29, 1.82) is 0 Å². The number of hydrogen-bond acceptors (Lipinski definition) is 3. The predicted molar refractivity (Wildman–Crippen MR) is 109 cm³/mol. The van der Waals surface area contributed by atoms with E-state index in [1.54, 1.807) is 12.1 Å². The van der Waals surface area contributed by atoms with E-state index < -0.39 is 6.10 Å². The first-order valence-electron chi connectivity index (χ1n) is 10.0. The van der Waals surface area contributed by atoms with Crippen LogP contribution in [0.3, 0.4) is 0 Å².